The van der Waals surface area contributed by atoms with Gasteiger partial charge in [-0.05, 0) is 55.0 Å². The molecule has 4 rings (SSSR count). The summed E-state index contributed by atoms with van der Waals surface area (Å²) in [4.78, 5) is 23.8. The van der Waals surface area contributed by atoms with Crippen molar-refractivity contribution in [2.45, 2.75) is 38.6 Å². The maximum Gasteiger partial charge on any atom is 0.337 e. The number of hydrazone groups is 1. The number of aryl methyl sites for hydroxylation is 2. The molecule has 1 aliphatic carbocycles. The largest absolute Gasteiger partial charge is 0.465 e. The zero-order chi connectivity index (χ0) is 20.9. The number of fused-ring (bicyclic) bond motifs is 3. The highest BCUT2D eigenvalue weighted by molar-refractivity contribution is 5.91. The fourth-order valence-electron chi connectivity index (χ4n) is 4.11. The van der Waals surface area contributed by atoms with E-state index in [1.54, 1.807) is 30.5 Å². The van der Waals surface area contributed by atoms with Crippen LogP contribution in [0.3, 0.4) is 0 Å². The first-order chi connectivity index (χ1) is 14.7. The van der Waals surface area contributed by atoms with E-state index in [0.29, 0.717) is 18.5 Å². The first-order valence-corrected chi connectivity index (χ1v) is 10.3. The van der Waals surface area contributed by atoms with Crippen molar-refractivity contribution in [1.82, 2.24) is 9.99 Å². The van der Waals surface area contributed by atoms with Crippen LogP contribution in [0.1, 0.15) is 46.4 Å². The molecule has 154 valence electrons. The molecule has 0 atom stereocenters. The summed E-state index contributed by atoms with van der Waals surface area (Å²) in [5, 5.41) is 5.36. The highest BCUT2D eigenvalue weighted by atomic mass is 16.5. The lowest BCUT2D eigenvalue weighted by atomic mass is 9.95. The molecule has 0 aliphatic heterocycles. The van der Waals surface area contributed by atoms with E-state index in [1.807, 2.05) is 0 Å². The van der Waals surface area contributed by atoms with Crippen LogP contribution in [0.4, 0.5) is 0 Å². The summed E-state index contributed by atoms with van der Waals surface area (Å²) in [6.07, 6.45) is 6.56. The van der Waals surface area contributed by atoms with E-state index in [0.717, 1.165) is 18.4 Å². The number of carbonyl (C=O) groups excluding carboxylic acids is 2. The monoisotopic (exact) mass is 403 g/mol. The third kappa shape index (κ3) is 4.13. The zero-order valence-corrected chi connectivity index (χ0v) is 17.1. The van der Waals surface area contributed by atoms with Gasteiger partial charge in [0.2, 0.25) is 5.91 Å². The quantitative estimate of drug-likeness (QED) is 0.386. The van der Waals surface area contributed by atoms with Crippen molar-refractivity contribution in [1.29, 1.82) is 0 Å². The second-order valence-corrected chi connectivity index (χ2v) is 7.46. The van der Waals surface area contributed by atoms with Crippen LogP contribution in [0.25, 0.3) is 10.9 Å². The summed E-state index contributed by atoms with van der Waals surface area (Å²) >= 11 is 0. The topological polar surface area (TPSA) is 72.7 Å². The van der Waals surface area contributed by atoms with Crippen molar-refractivity contribution in [3.05, 3.63) is 70.9 Å². The molecule has 0 unspecified atom stereocenters. The Morgan fingerprint density at radius 3 is 2.67 bits per heavy atom. The minimum Gasteiger partial charge on any atom is -0.465 e. The van der Waals surface area contributed by atoms with Crippen LogP contribution in [-0.4, -0.2) is 29.8 Å². The van der Waals surface area contributed by atoms with Crippen LogP contribution < -0.4 is 5.43 Å². The molecule has 6 heteroatoms. The van der Waals surface area contributed by atoms with Gasteiger partial charge in [-0.2, -0.15) is 5.10 Å². The third-order valence-corrected chi connectivity index (χ3v) is 5.58. The average molecular weight is 403 g/mol. The fraction of sp³-hybridized carbons (Fsp3) is 0.292. The maximum absolute atomic E-state index is 12.3. The summed E-state index contributed by atoms with van der Waals surface area (Å²) in [6.45, 7) is 0.644. The molecule has 0 bridgehead atoms. The van der Waals surface area contributed by atoms with Crippen LogP contribution in [0.2, 0.25) is 0 Å². The average Bonchev–Trinajstić information content (AvgIpc) is 3.11. The van der Waals surface area contributed by atoms with Crippen molar-refractivity contribution < 1.29 is 14.3 Å². The van der Waals surface area contributed by atoms with Crippen molar-refractivity contribution in [2.24, 2.45) is 5.10 Å². The molecule has 0 radical (unpaired) electrons. The second kappa shape index (κ2) is 8.95. The number of hydrogen-bond acceptors (Lipinski definition) is 4. The molecule has 0 spiro atoms. The van der Waals surface area contributed by atoms with Gasteiger partial charge < -0.3 is 9.30 Å². The second-order valence-electron chi connectivity index (χ2n) is 7.46. The number of aromatic nitrogens is 1. The van der Waals surface area contributed by atoms with E-state index in [2.05, 4.69) is 44.1 Å². The molecular weight excluding hydrogens is 378 g/mol. The lowest BCUT2D eigenvalue weighted by molar-refractivity contribution is -0.121. The van der Waals surface area contributed by atoms with Crippen LogP contribution in [-0.2, 0) is 28.9 Å². The van der Waals surface area contributed by atoms with Gasteiger partial charge in [-0.1, -0.05) is 30.3 Å². The van der Waals surface area contributed by atoms with E-state index in [4.69, 9.17) is 0 Å². The minimum atomic E-state index is -0.383. The van der Waals surface area contributed by atoms with Gasteiger partial charge in [0.1, 0.15) is 0 Å². The predicted octanol–water partition coefficient (Wildman–Crippen LogP) is 3.85. The molecular formula is C24H25N3O3. The number of methoxy groups -OCH3 is 1. The number of hydrogen-bond donors (Lipinski definition) is 1. The predicted molar refractivity (Wildman–Crippen MR) is 117 cm³/mol. The van der Waals surface area contributed by atoms with Crippen molar-refractivity contribution >= 4 is 29.0 Å². The van der Waals surface area contributed by atoms with Crippen molar-refractivity contribution in [2.75, 3.05) is 7.11 Å². The summed E-state index contributed by atoms with van der Waals surface area (Å²) < 4.78 is 6.98. The number of benzene rings is 2. The Balaban J connectivity index is 1.38. The number of rotatable bonds is 6. The highest BCUT2D eigenvalue weighted by Gasteiger charge is 2.19. The summed E-state index contributed by atoms with van der Waals surface area (Å²) in [7, 11) is 1.35. The van der Waals surface area contributed by atoms with Gasteiger partial charge in [0.05, 0.1) is 18.9 Å². The number of esters is 1. The van der Waals surface area contributed by atoms with Crippen molar-refractivity contribution in [3.8, 4) is 0 Å². The molecule has 1 amide bonds. The molecule has 6 nitrogen and oxygen atoms in total. The van der Waals surface area contributed by atoms with Gasteiger partial charge in [-0.25, -0.2) is 10.2 Å². The zero-order valence-electron chi connectivity index (χ0n) is 17.1. The van der Waals surface area contributed by atoms with Crippen LogP contribution in [0.5, 0.6) is 0 Å². The SMILES string of the molecule is COC(=O)c1ccc(/C=N/NC(=O)CCn2c3c(c4ccccc42)CCCC3)cc1. The highest BCUT2D eigenvalue weighted by Crippen LogP contribution is 2.32. The van der Waals surface area contributed by atoms with Gasteiger partial charge in [0.25, 0.3) is 0 Å². The molecule has 30 heavy (non-hydrogen) atoms. The van der Waals surface area contributed by atoms with Gasteiger partial charge in [-0.15, -0.1) is 0 Å². The first-order valence-electron chi connectivity index (χ1n) is 10.3. The lowest BCUT2D eigenvalue weighted by Gasteiger charge is -2.15. The molecule has 1 heterocycles. The summed E-state index contributed by atoms with van der Waals surface area (Å²) in [5.74, 6) is -0.508. The van der Waals surface area contributed by atoms with Gasteiger partial charge in [0, 0.05) is 29.6 Å². The van der Waals surface area contributed by atoms with Crippen LogP contribution in [0.15, 0.2) is 53.6 Å². The number of ether oxygens (including phenoxy) is 1. The Labute approximate surface area is 175 Å². The Morgan fingerprint density at radius 2 is 1.87 bits per heavy atom. The van der Waals surface area contributed by atoms with E-state index < -0.39 is 0 Å². The Hall–Kier alpha value is -3.41. The van der Waals surface area contributed by atoms with E-state index in [-0.39, 0.29) is 11.9 Å². The van der Waals surface area contributed by atoms with Gasteiger partial charge in [-0.3, -0.25) is 4.79 Å². The molecule has 1 aliphatic rings. The lowest BCUT2D eigenvalue weighted by Crippen LogP contribution is -2.20. The summed E-state index contributed by atoms with van der Waals surface area (Å²) in [5.41, 5.74) is 7.90. The number of para-hydroxylation sites is 1. The molecule has 2 aromatic carbocycles. The smallest absolute Gasteiger partial charge is 0.337 e. The maximum atomic E-state index is 12.3. The number of amides is 1. The standard InChI is InChI=1S/C24H25N3O3/c1-30-24(29)18-12-10-17(11-13-18)16-25-26-23(28)14-15-27-21-8-4-2-6-19(21)20-7-3-5-9-22(20)27/h2,4,6,8,10-13,16H,3,5,7,9,14-15H2,1H3,(H,26,28)/b25-16+. The normalized spacial score (nSPS) is 13.4. The number of nitrogens with zero attached hydrogens (tertiary/aromatic N) is 2. The van der Waals surface area contributed by atoms with Crippen LogP contribution in [0, 0.1) is 0 Å². The third-order valence-electron chi connectivity index (χ3n) is 5.58. The van der Waals surface area contributed by atoms with E-state index >= 15 is 0 Å². The molecule has 1 N–H and O–H groups in total. The molecule has 0 saturated carbocycles. The Kier molecular flexibility index (Phi) is 5.93. The Bertz CT molecular complexity index is 1100. The first kappa shape index (κ1) is 19.9. The minimum absolute atomic E-state index is 0.125. The number of carbonyl (C=O) groups is 2. The van der Waals surface area contributed by atoms with Crippen LogP contribution >= 0.6 is 0 Å². The van der Waals surface area contributed by atoms with Gasteiger partial charge >= 0.3 is 5.97 Å². The molecule has 0 saturated heterocycles. The fourth-order valence-corrected chi connectivity index (χ4v) is 4.11. The summed E-state index contributed by atoms with van der Waals surface area (Å²) in [6, 6.07) is 15.3. The van der Waals surface area contributed by atoms with E-state index in [9.17, 15) is 9.59 Å². The molecule has 0 fully saturated rings. The van der Waals surface area contributed by atoms with E-state index in [1.165, 1.54) is 42.1 Å². The van der Waals surface area contributed by atoms with Gasteiger partial charge in [0.15, 0.2) is 0 Å². The van der Waals surface area contributed by atoms with Crippen molar-refractivity contribution in [3.63, 3.8) is 0 Å². The molecule has 1 aromatic heterocycles. The molecule has 3 aromatic rings. The Morgan fingerprint density at radius 1 is 1.10 bits per heavy atom. The number of nitrogens with one attached hydrogen (secondary N) is 1.